The first-order chi connectivity index (χ1) is 12.3. The van der Waals surface area contributed by atoms with E-state index in [-0.39, 0.29) is 0 Å². The van der Waals surface area contributed by atoms with Gasteiger partial charge in [0.05, 0.1) is 0 Å². The molecule has 0 aromatic rings. The Morgan fingerprint density at radius 3 is 1.54 bits per heavy atom. The maximum atomic E-state index is 11.7. The van der Waals surface area contributed by atoms with Crippen LogP contribution in [0.1, 0.15) is 0 Å². The smallest absolute Gasteiger partial charge is 0.323 e. The Kier molecular flexibility index (Phi) is 3.83. The van der Waals surface area contributed by atoms with Crippen LogP contribution < -0.4 is 10.6 Å². The number of ether oxygens (including phenoxy) is 4. The van der Waals surface area contributed by atoms with Crippen molar-refractivity contribution in [1.82, 2.24) is 20.4 Å². The monoisotopic (exact) mass is 374 g/mol. The Morgan fingerprint density at radius 2 is 1.19 bits per heavy atom. The average Bonchev–Trinajstić information content (AvgIpc) is 3.24. The van der Waals surface area contributed by atoms with E-state index in [4.69, 9.17) is 29.2 Å². The van der Waals surface area contributed by atoms with E-state index in [0.29, 0.717) is 0 Å². The van der Waals surface area contributed by atoms with E-state index in [2.05, 4.69) is 10.6 Å². The lowest BCUT2D eigenvalue weighted by Crippen LogP contribution is -2.43. The lowest BCUT2D eigenvalue weighted by atomic mass is 10.4. The number of aliphatic carboxylic acids is 2. The predicted octanol–water partition coefficient (Wildman–Crippen LogP) is -2.74. The van der Waals surface area contributed by atoms with Gasteiger partial charge in [-0.3, -0.25) is 19.4 Å². The summed E-state index contributed by atoms with van der Waals surface area (Å²) < 4.78 is 22.0. The number of carboxylic acid groups (broad SMARTS) is 2. The number of nitrogens with zero attached hydrogens (tertiary/aromatic N) is 2. The summed E-state index contributed by atoms with van der Waals surface area (Å²) in [6, 6.07) is -1.29. The number of hydrogen-bond acceptors (Lipinski definition) is 8. The molecule has 0 aromatic carbocycles. The molecule has 0 spiro atoms. The largest absolute Gasteiger partial charge is 0.480 e. The minimum Gasteiger partial charge on any atom is -0.480 e. The Bertz CT molecular complexity index is 616. The van der Waals surface area contributed by atoms with E-state index in [1.54, 1.807) is 0 Å². The summed E-state index contributed by atoms with van der Waals surface area (Å²) >= 11 is 0. The Morgan fingerprint density at radius 1 is 0.808 bits per heavy atom. The molecule has 4 N–H and O–H groups in total. The van der Waals surface area contributed by atoms with Gasteiger partial charge in [-0.25, -0.2) is 9.59 Å². The third kappa shape index (κ3) is 2.68. The highest BCUT2D eigenvalue weighted by Crippen LogP contribution is 2.34. The van der Waals surface area contributed by atoms with E-state index in [1.165, 1.54) is 0 Å². The molecule has 0 bridgehead atoms. The Hall–Kier alpha value is -2.68. The van der Waals surface area contributed by atoms with Crippen molar-refractivity contribution in [2.45, 2.75) is 37.5 Å². The molecule has 4 fully saturated rings. The van der Waals surface area contributed by atoms with Gasteiger partial charge in [0.15, 0.2) is 24.9 Å². The lowest BCUT2D eigenvalue weighted by Gasteiger charge is -2.23. The normalized spacial score (nSPS) is 38.2. The third-order valence-electron chi connectivity index (χ3n) is 4.13. The summed E-state index contributed by atoms with van der Waals surface area (Å²) in [6.45, 7) is -1.16. The first-order valence-electron chi connectivity index (χ1n) is 7.53. The van der Waals surface area contributed by atoms with Crippen molar-refractivity contribution >= 4 is 24.0 Å². The molecule has 4 amide bonds. The molecule has 4 heterocycles. The fourth-order valence-corrected chi connectivity index (χ4v) is 3.10. The maximum Gasteiger partial charge on any atom is 0.323 e. The number of carboxylic acids is 2. The Balaban J connectivity index is 1.40. The second kappa shape index (κ2) is 5.94. The molecule has 26 heavy (non-hydrogen) atoms. The molecule has 0 saturated carbocycles. The summed E-state index contributed by atoms with van der Waals surface area (Å²) in [5.74, 6) is -2.44. The zero-order valence-electron chi connectivity index (χ0n) is 12.9. The number of fused-ring (bicyclic) bond motifs is 2. The van der Waals surface area contributed by atoms with Crippen molar-refractivity contribution < 1.29 is 48.3 Å². The molecule has 4 rings (SSSR count). The number of nitrogens with one attached hydrogen (secondary N) is 2. The molecule has 14 nitrogen and oxygen atoms in total. The minimum absolute atomic E-state index is 0.580. The molecular weight excluding hydrogens is 360 g/mol. The standard InChI is InChI=1S/C12H14N4O10/c17-3(18)1-15-7-5(13-11(15)21)23-9(25-7)10-24-6-8(26-10)16(2-4(19)20)12(22)14-6/h5-10H,1-2H2,(H,13,21)(H,14,22)(H,17,18)(H,19,20)/t5-,6+,7-,8+,9+,10-. The van der Waals surface area contributed by atoms with E-state index in [1.807, 2.05) is 0 Å². The molecule has 0 radical (unpaired) electrons. The van der Waals surface area contributed by atoms with Crippen molar-refractivity contribution in [3.63, 3.8) is 0 Å². The van der Waals surface area contributed by atoms with Crippen molar-refractivity contribution in [2.75, 3.05) is 13.1 Å². The highest BCUT2D eigenvalue weighted by atomic mass is 16.8. The number of amides is 4. The van der Waals surface area contributed by atoms with Crippen LogP contribution in [0, 0.1) is 0 Å². The van der Waals surface area contributed by atoms with Gasteiger partial charge in [0.2, 0.25) is 12.6 Å². The van der Waals surface area contributed by atoms with Crippen molar-refractivity contribution in [1.29, 1.82) is 0 Å². The molecule has 6 atom stereocenters. The highest BCUT2D eigenvalue weighted by Gasteiger charge is 2.57. The van der Waals surface area contributed by atoms with E-state index in [9.17, 15) is 19.2 Å². The van der Waals surface area contributed by atoms with Gasteiger partial charge in [0.25, 0.3) is 0 Å². The molecule has 4 saturated heterocycles. The molecule has 0 aromatic heterocycles. The van der Waals surface area contributed by atoms with Crippen LogP contribution in [0.2, 0.25) is 0 Å². The molecule has 14 heteroatoms. The first-order valence-corrected chi connectivity index (χ1v) is 7.53. The predicted molar refractivity (Wildman–Crippen MR) is 72.8 cm³/mol. The van der Waals surface area contributed by atoms with Crippen LogP contribution in [0.25, 0.3) is 0 Å². The zero-order valence-corrected chi connectivity index (χ0v) is 12.9. The summed E-state index contributed by atoms with van der Waals surface area (Å²) in [5, 5.41) is 22.6. The first kappa shape index (κ1) is 16.8. The van der Waals surface area contributed by atoms with E-state index in [0.717, 1.165) is 9.80 Å². The number of hydrogen-bond donors (Lipinski definition) is 4. The number of urea groups is 2. The fourth-order valence-electron chi connectivity index (χ4n) is 3.10. The van der Waals surface area contributed by atoms with Gasteiger partial charge >= 0.3 is 24.0 Å². The van der Waals surface area contributed by atoms with Gasteiger partial charge in [-0.1, -0.05) is 0 Å². The quantitative estimate of drug-likeness (QED) is 0.395. The van der Waals surface area contributed by atoms with Gasteiger partial charge in [-0.05, 0) is 0 Å². The fraction of sp³-hybridized carbons (Fsp3) is 0.667. The second-order valence-electron chi connectivity index (χ2n) is 5.85. The van der Waals surface area contributed by atoms with Crippen LogP contribution in [-0.2, 0) is 28.5 Å². The lowest BCUT2D eigenvalue weighted by molar-refractivity contribution is -0.235. The summed E-state index contributed by atoms with van der Waals surface area (Å²) in [5.41, 5.74) is 0. The number of carbonyl (C=O) groups is 4. The molecule has 142 valence electrons. The molecular formula is C12H14N4O10. The van der Waals surface area contributed by atoms with Gasteiger partial charge in [-0.15, -0.1) is 0 Å². The molecule has 4 aliphatic rings. The van der Waals surface area contributed by atoms with Crippen LogP contribution in [0.15, 0.2) is 0 Å². The molecule has 4 aliphatic heterocycles. The molecule has 0 unspecified atom stereocenters. The second-order valence-corrected chi connectivity index (χ2v) is 5.85. The van der Waals surface area contributed by atoms with Crippen LogP contribution in [0.4, 0.5) is 9.59 Å². The Labute approximate surface area is 144 Å². The highest BCUT2D eigenvalue weighted by molar-refractivity contribution is 5.83. The topological polar surface area (TPSA) is 176 Å². The van der Waals surface area contributed by atoms with E-state index >= 15 is 0 Å². The average molecular weight is 374 g/mol. The molecule has 0 aliphatic carbocycles. The van der Waals surface area contributed by atoms with Crippen LogP contribution in [0.5, 0.6) is 0 Å². The number of rotatable bonds is 5. The van der Waals surface area contributed by atoms with Gasteiger partial charge < -0.3 is 39.8 Å². The van der Waals surface area contributed by atoms with Crippen LogP contribution in [0.3, 0.4) is 0 Å². The third-order valence-corrected chi connectivity index (χ3v) is 4.13. The van der Waals surface area contributed by atoms with Crippen molar-refractivity contribution in [2.24, 2.45) is 0 Å². The van der Waals surface area contributed by atoms with Crippen molar-refractivity contribution in [3.05, 3.63) is 0 Å². The van der Waals surface area contributed by atoms with Crippen LogP contribution in [-0.4, -0.2) is 94.6 Å². The SMILES string of the molecule is O=C(O)CN1C(=O)N[C@@H]2O[C@H]([C@@H]3O[C@@H]4NC(=O)N(CC(=O)O)[C@H]4O3)O[C@H]21. The summed E-state index contributed by atoms with van der Waals surface area (Å²) in [7, 11) is 0. The van der Waals surface area contributed by atoms with Gasteiger partial charge in [0, 0.05) is 0 Å². The van der Waals surface area contributed by atoms with Crippen molar-refractivity contribution in [3.8, 4) is 0 Å². The van der Waals surface area contributed by atoms with Crippen LogP contribution >= 0.6 is 0 Å². The van der Waals surface area contributed by atoms with E-state index < -0.39 is 74.6 Å². The minimum atomic E-state index is -1.22. The van der Waals surface area contributed by atoms with Gasteiger partial charge in [-0.2, -0.15) is 0 Å². The summed E-state index contributed by atoms with van der Waals surface area (Å²) in [4.78, 5) is 47.0. The van der Waals surface area contributed by atoms with Gasteiger partial charge in [0.1, 0.15) is 13.1 Å². The zero-order chi connectivity index (χ0) is 18.6. The summed E-state index contributed by atoms with van der Waals surface area (Å²) in [6.07, 6.45) is -6.03. The number of carbonyl (C=O) groups excluding carboxylic acids is 2. The maximum absolute atomic E-state index is 11.7.